The molecule has 4 rings (SSSR count). The maximum absolute atomic E-state index is 6.06. The van der Waals surface area contributed by atoms with Crippen LogP contribution in [0.2, 0.25) is 4.34 Å². The molecule has 2 aromatic heterocycles. The zero-order valence-corrected chi connectivity index (χ0v) is 17.1. The first kappa shape index (κ1) is 18.5. The summed E-state index contributed by atoms with van der Waals surface area (Å²) in [5.74, 6) is 0.944. The van der Waals surface area contributed by atoms with Crippen LogP contribution in [0.1, 0.15) is 17.4 Å². The molecule has 1 aliphatic heterocycles. The molecule has 0 amide bonds. The molecule has 1 saturated heterocycles. The SMILES string of the molecule is CN(C)c1ccc(CN2CCOC[C@H]2c2ncc(-c3ccc(Cl)s3)[nH]2)cc1. The summed E-state index contributed by atoms with van der Waals surface area (Å²) in [6.45, 7) is 3.16. The zero-order chi connectivity index (χ0) is 18.8. The lowest BCUT2D eigenvalue weighted by Gasteiger charge is -2.34. The van der Waals surface area contributed by atoms with E-state index in [-0.39, 0.29) is 6.04 Å². The molecular formula is C20H23ClN4OS. The van der Waals surface area contributed by atoms with E-state index in [1.54, 1.807) is 11.3 Å². The third-order valence-corrected chi connectivity index (χ3v) is 6.09. The highest BCUT2D eigenvalue weighted by molar-refractivity contribution is 7.19. The maximum atomic E-state index is 6.06. The highest BCUT2D eigenvalue weighted by Gasteiger charge is 2.27. The first-order valence-corrected chi connectivity index (χ1v) is 10.2. The van der Waals surface area contributed by atoms with Crippen molar-refractivity contribution in [3.05, 3.63) is 58.3 Å². The minimum atomic E-state index is 0.122. The Bertz CT molecular complexity index is 890. The smallest absolute Gasteiger partial charge is 0.126 e. The highest BCUT2D eigenvalue weighted by Crippen LogP contribution is 2.32. The van der Waals surface area contributed by atoms with Crippen molar-refractivity contribution in [2.24, 2.45) is 0 Å². The minimum absolute atomic E-state index is 0.122. The number of rotatable bonds is 5. The lowest BCUT2D eigenvalue weighted by Crippen LogP contribution is -2.39. The van der Waals surface area contributed by atoms with E-state index in [0.717, 1.165) is 40.4 Å². The fourth-order valence-electron chi connectivity index (χ4n) is 3.30. The predicted octanol–water partition coefficient (Wildman–Crippen LogP) is 4.43. The number of nitrogens with one attached hydrogen (secondary N) is 1. The van der Waals surface area contributed by atoms with Gasteiger partial charge < -0.3 is 14.6 Å². The second kappa shape index (κ2) is 8.02. The average molecular weight is 403 g/mol. The largest absolute Gasteiger partial charge is 0.378 e. The number of thiophene rings is 1. The molecule has 0 bridgehead atoms. The Kier molecular flexibility index (Phi) is 5.50. The molecule has 0 aliphatic carbocycles. The fourth-order valence-corrected chi connectivity index (χ4v) is 4.31. The zero-order valence-electron chi connectivity index (χ0n) is 15.5. The second-order valence-electron chi connectivity index (χ2n) is 6.91. The molecular weight excluding hydrogens is 380 g/mol. The van der Waals surface area contributed by atoms with E-state index in [0.29, 0.717) is 6.61 Å². The summed E-state index contributed by atoms with van der Waals surface area (Å²) in [5, 5.41) is 0. The Balaban J connectivity index is 1.51. The van der Waals surface area contributed by atoms with Crippen LogP contribution in [0.15, 0.2) is 42.6 Å². The van der Waals surface area contributed by atoms with E-state index in [2.05, 4.69) is 58.1 Å². The summed E-state index contributed by atoms with van der Waals surface area (Å²) < 4.78 is 6.53. The van der Waals surface area contributed by atoms with Crippen molar-refractivity contribution in [1.29, 1.82) is 0 Å². The maximum Gasteiger partial charge on any atom is 0.126 e. The number of benzene rings is 1. The molecule has 7 heteroatoms. The highest BCUT2D eigenvalue weighted by atomic mass is 35.5. The number of anilines is 1. The van der Waals surface area contributed by atoms with Crippen molar-refractivity contribution in [1.82, 2.24) is 14.9 Å². The fraction of sp³-hybridized carbons (Fsp3) is 0.350. The van der Waals surface area contributed by atoms with Gasteiger partial charge in [-0.05, 0) is 29.8 Å². The molecule has 0 spiro atoms. The topological polar surface area (TPSA) is 44.4 Å². The Morgan fingerprint density at radius 1 is 1.26 bits per heavy atom. The molecule has 1 fully saturated rings. The van der Waals surface area contributed by atoms with Crippen molar-refractivity contribution >= 4 is 28.6 Å². The lowest BCUT2D eigenvalue weighted by molar-refractivity contribution is -0.0156. The van der Waals surface area contributed by atoms with E-state index in [9.17, 15) is 0 Å². The number of imidazole rings is 1. The van der Waals surface area contributed by atoms with Crippen LogP contribution >= 0.6 is 22.9 Å². The quantitative estimate of drug-likeness (QED) is 0.685. The van der Waals surface area contributed by atoms with Crippen LogP contribution in [-0.4, -0.2) is 48.7 Å². The first-order valence-electron chi connectivity index (χ1n) is 8.99. The monoisotopic (exact) mass is 402 g/mol. The van der Waals surface area contributed by atoms with Gasteiger partial charge in [-0.15, -0.1) is 11.3 Å². The summed E-state index contributed by atoms with van der Waals surface area (Å²) in [7, 11) is 4.12. The number of morpholine rings is 1. The van der Waals surface area contributed by atoms with Crippen LogP contribution in [0.5, 0.6) is 0 Å². The molecule has 27 heavy (non-hydrogen) atoms. The number of nitrogens with zero attached hydrogens (tertiary/aromatic N) is 3. The van der Waals surface area contributed by atoms with Crippen LogP contribution in [0.4, 0.5) is 5.69 Å². The van der Waals surface area contributed by atoms with Gasteiger partial charge in [-0.25, -0.2) is 4.98 Å². The molecule has 3 heterocycles. The van der Waals surface area contributed by atoms with Crippen LogP contribution in [0.3, 0.4) is 0 Å². The Morgan fingerprint density at radius 3 is 2.78 bits per heavy atom. The third kappa shape index (κ3) is 4.19. The van der Waals surface area contributed by atoms with Gasteiger partial charge in [0.1, 0.15) is 5.82 Å². The summed E-state index contributed by atoms with van der Waals surface area (Å²) in [6.07, 6.45) is 1.89. The van der Waals surface area contributed by atoms with Crippen LogP contribution < -0.4 is 4.90 Å². The molecule has 1 atom stereocenters. The van der Waals surface area contributed by atoms with E-state index in [1.807, 2.05) is 18.3 Å². The Labute approximate surface area is 168 Å². The molecule has 5 nitrogen and oxygen atoms in total. The van der Waals surface area contributed by atoms with Gasteiger partial charge in [0, 0.05) is 32.9 Å². The van der Waals surface area contributed by atoms with E-state index in [1.165, 1.54) is 11.3 Å². The van der Waals surface area contributed by atoms with Crippen molar-refractivity contribution in [3.8, 4) is 10.6 Å². The molecule has 3 aromatic rings. The molecule has 1 aliphatic rings. The van der Waals surface area contributed by atoms with E-state index in [4.69, 9.17) is 16.3 Å². The van der Waals surface area contributed by atoms with Crippen molar-refractivity contribution in [2.45, 2.75) is 12.6 Å². The Hall–Kier alpha value is -1.86. The van der Waals surface area contributed by atoms with Gasteiger partial charge in [0.25, 0.3) is 0 Å². The number of H-pyrrole nitrogens is 1. The first-order chi connectivity index (χ1) is 13.1. The van der Waals surface area contributed by atoms with Gasteiger partial charge in [0.15, 0.2) is 0 Å². The number of aromatic nitrogens is 2. The average Bonchev–Trinajstić information content (AvgIpc) is 3.32. The summed E-state index contributed by atoms with van der Waals surface area (Å²) in [6, 6.07) is 12.8. The normalized spacial score (nSPS) is 18.0. The summed E-state index contributed by atoms with van der Waals surface area (Å²) >= 11 is 7.62. The van der Waals surface area contributed by atoms with Gasteiger partial charge in [0.05, 0.1) is 40.4 Å². The van der Waals surface area contributed by atoms with Crippen LogP contribution in [-0.2, 0) is 11.3 Å². The van der Waals surface area contributed by atoms with Gasteiger partial charge >= 0.3 is 0 Å². The van der Waals surface area contributed by atoms with E-state index >= 15 is 0 Å². The minimum Gasteiger partial charge on any atom is -0.378 e. The summed E-state index contributed by atoms with van der Waals surface area (Å²) in [5.41, 5.74) is 3.51. The lowest BCUT2D eigenvalue weighted by atomic mass is 10.1. The number of halogens is 1. The number of hydrogen-bond acceptors (Lipinski definition) is 5. The van der Waals surface area contributed by atoms with Gasteiger partial charge in [0.2, 0.25) is 0 Å². The van der Waals surface area contributed by atoms with Crippen molar-refractivity contribution < 1.29 is 4.74 Å². The van der Waals surface area contributed by atoms with E-state index < -0.39 is 0 Å². The number of aromatic amines is 1. The van der Waals surface area contributed by atoms with Crippen LogP contribution in [0.25, 0.3) is 10.6 Å². The van der Waals surface area contributed by atoms with Gasteiger partial charge in [-0.3, -0.25) is 4.90 Å². The molecule has 0 radical (unpaired) electrons. The molecule has 1 aromatic carbocycles. The van der Waals surface area contributed by atoms with Crippen LogP contribution in [0, 0.1) is 0 Å². The van der Waals surface area contributed by atoms with Crippen molar-refractivity contribution in [2.75, 3.05) is 38.8 Å². The Morgan fingerprint density at radius 2 is 2.07 bits per heavy atom. The predicted molar refractivity (Wildman–Crippen MR) is 112 cm³/mol. The number of ether oxygens (including phenoxy) is 1. The van der Waals surface area contributed by atoms with Crippen molar-refractivity contribution in [3.63, 3.8) is 0 Å². The standard InChI is InChI=1S/C20H23ClN4OS/c1-24(2)15-5-3-14(4-6-15)12-25-9-10-26-13-17(25)20-22-11-16(23-20)18-7-8-19(21)27-18/h3-8,11,17H,9-10,12-13H2,1-2H3,(H,22,23)/t17-/m0/s1. The molecule has 142 valence electrons. The molecule has 0 unspecified atom stereocenters. The number of hydrogen-bond donors (Lipinski definition) is 1. The second-order valence-corrected chi connectivity index (χ2v) is 8.62. The summed E-state index contributed by atoms with van der Waals surface area (Å²) in [4.78, 5) is 13.7. The third-order valence-electron chi connectivity index (χ3n) is 4.83. The molecule has 0 saturated carbocycles. The van der Waals surface area contributed by atoms with Gasteiger partial charge in [-0.1, -0.05) is 23.7 Å². The molecule has 1 N–H and O–H groups in total. The van der Waals surface area contributed by atoms with Gasteiger partial charge in [-0.2, -0.15) is 0 Å².